The Bertz CT molecular complexity index is 597. The predicted octanol–water partition coefficient (Wildman–Crippen LogP) is 3.26. The molecular weight excluding hydrogens is 284 g/mol. The van der Waals surface area contributed by atoms with Crippen molar-refractivity contribution in [2.45, 2.75) is 19.4 Å². The first-order chi connectivity index (χ1) is 11.3. The van der Waals surface area contributed by atoms with Gasteiger partial charge in [-0.05, 0) is 42.6 Å². The van der Waals surface area contributed by atoms with Gasteiger partial charge in [-0.15, -0.1) is 0 Å². The minimum Gasteiger partial charge on any atom is -0.494 e. The molecule has 2 aromatic carbocycles. The SMILES string of the molecule is CCOc1ccc(CN2C[C@@H](CN)[C@H](c3ccccc3)C2)cc1. The van der Waals surface area contributed by atoms with Gasteiger partial charge in [0.15, 0.2) is 0 Å². The summed E-state index contributed by atoms with van der Waals surface area (Å²) in [5.41, 5.74) is 8.77. The number of hydrogen-bond acceptors (Lipinski definition) is 3. The van der Waals surface area contributed by atoms with E-state index in [1.54, 1.807) is 0 Å². The summed E-state index contributed by atoms with van der Waals surface area (Å²) in [6.07, 6.45) is 0. The van der Waals surface area contributed by atoms with Gasteiger partial charge < -0.3 is 10.5 Å². The average Bonchev–Trinajstić information content (AvgIpc) is 3.01. The fourth-order valence-electron chi connectivity index (χ4n) is 3.52. The number of nitrogens with zero attached hydrogens (tertiary/aromatic N) is 1. The molecule has 0 aliphatic carbocycles. The van der Waals surface area contributed by atoms with Gasteiger partial charge in [-0.25, -0.2) is 0 Å². The molecule has 122 valence electrons. The van der Waals surface area contributed by atoms with Crippen molar-refractivity contribution in [2.75, 3.05) is 26.2 Å². The number of ether oxygens (including phenoxy) is 1. The number of hydrogen-bond donors (Lipinski definition) is 1. The zero-order chi connectivity index (χ0) is 16.1. The molecule has 23 heavy (non-hydrogen) atoms. The summed E-state index contributed by atoms with van der Waals surface area (Å²) >= 11 is 0. The highest BCUT2D eigenvalue weighted by atomic mass is 16.5. The summed E-state index contributed by atoms with van der Waals surface area (Å²) in [6.45, 7) is 6.60. The highest BCUT2D eigenvalue weighted by molar-refractivity contribution is 5.28. The molecule has 1 fully saturated rings. The number of benzene rings is 2. The van der Waals surface area contributed by atoms with E-state index in [0.29, 0.717) is 18.4 Å². The Balaban J connectivity index is 1.65. The second-order valence-corrected chi connectivity index (χ2v) is 6.28. The number of nitrogens with two attached hydrogens (primary N) is 1. The Labute approximate surface area is 139 Å². The maximum absolute atomic E-state index is 6.03. The summed E-state index contributed by atoms with van der Waals surface area (Å²) in [5, 5.41) is 0. The highest BCUT2D eigenvalue weighted by Crippen LogP contribution is 2.32. The van der Waals surface area contributed by atoms with Crippen molar-refractivity contribution in [3.05, 3.63) is 65.7 Å². The van der Waals surface area contributed by atoms with E-state index in [1.165, 1.54) is 11.1 Å². The van der Waals surface area contributed by atoms with Crippen molar-refractivity contribution in [1.29, 1.82) is 0 Å². The van der Waals surface area contributed by atoms with Crippen molar-refractivity contribution in [3.63, 3.8) is 0 Å². The van der Waals surface area contributed by atoms with Crippen LogP contribution in [-0.4, -0.2) is 31.1 Å². The van der Waals surface area contributed by atoms with Crippen LogP contribution < -0.4 is 10.5 Å². The first kappa shape index (κ1) is 16.0. The van der Waals surface area contributed by atoms with Crippen LogP contribution in [0.3, 0.4) is 0 Å². The first-order valence-electron chi connectivity index (χ1n) is 8.49. The van der Waals surface area contributed by atoms with Gasteiger partial charge in [-0.2, -0.15) is 0 Å². The fraction of sp³-hybridized carbons (Fsp3) is 0.400. The van der Waals surface area contributed by atoms with Gasteiger partial charge in [0.2, 0.25) is 0 Å². The van der Waals surface area contributed by atoms with E-state index < -0.39 is 0 Å². The Morgan fingerprint density at radius 1 is 1.04 bits per heavy atom. The van der Waals surface area contributed by atoms with E-state index in [1.807, 2.05) is 6.92 Å². The van der Waals surface area contributed by atoms with Crippen molar-refractivity contribution in [2.24, 2.45) is 11.7 Å². The molecule has 0 radical (unpaired) electrons. The zero-order valence-electron chi connectivity index (χ0n) is 13.8. The molecule has 3 nitrogen and oxygen atoms in total. The van der Waals surface area contributed by atoms with Crippen LogP contribution in [0.1, 0.15) is 24.0 Å². The minimum absolute atomic E-state index is 0.542. The van der Waals surface area contributed by atoms with Crippen LogP contribution >= 0.6 is 0 Å². The van der Waals surface area contributed by atoms with Crippen LogP contribution in [0.25, 0.3) is 0 Å². The van der Waals surface area contributed by atoms with Gasteiger partial charge in [-0.1, -0.05) is 42.5 Å². The molecule has 1 aliphatic heterocycles. The molecule has 0 bridgehead atoms. The van der Waals surface area contributed by atoms with E-state index in [4.69, 9.17) is 10.5 Å². The zero-order valence-corrected chi connectivity index (χ0v) is 13.8. The maximum atomic E-state index is 6.03. The monoisotopic (exact) mass is 310 g/mol. The van der Waals surface area contributed by atoms with Crippen LogP contribution in [0.15, 0.2) is 54.6 Å². The average molecular weight is 310 g/mol. The van der Waals surface area contributed by atoms with Gasteiger partial charge >= 0.3 is 0 Å². The summed E-state index contributed by atoms with van der Waals surface area (Å²) in [7, 11) is 0. The van der Waals surface area contributed by atoms with Gasteiger partial charge in [0.25, 0.3) is 0 Å². The standard InChI is InChI=1S/C20H26N2O/c1-2-23-19-10-8-16(9-11-19)13-22-14-18(12-21)20(15-22)17-6-4-3-5-7-17/h3-11,18,20H,2,12-15,21H2,1H3/t18-,20+/m1/s1. The van der Waals surface area contributed by atoms with Gasteiger partial charge in [0.1, 0.15) is 5.75 Å². The lowest BCUT2D eigenvalue weighted by atomic mass is 9.89. The molecule has 0 saturated carbocycles. The molecule has 2 aromatic rings. The molecule has 0 spiro atoms. The maximum Gasteiger partial charge on any atom is 0.119 e. The molecule has 0 unspecified atom stereocenters. The predicted molar refractivity (Wildman–Crippen MR) is 94.6 cm³/mol. The van der Waals surface area contributed by atoms with E-state index in [9.17, 15) is 0 Å². The van der Waals surface area contributed by atoms with E-state index in [2.05, 4.69) is 59.5 Å². The van der Waals surface area contributed by atoms with Crippen LogP contribution in [0.4, 0.5) is 0 Å². The molecular formula is C20H26N2O. The lowest BCUT2D eigenvalue weighted by molar-refractivity contribution is 0.316. The van der Waals surface area contributed by atoms with Gasteiger partial charge in [-0.3, -0.25) is 4.90 Å². The van der Waals surface area contributed by atoms with Crippen LogP contribution in [0.5, 0.6) is 5.75 Å². The highest BCUT2D eigenvalue weighted by Gasteiger charge is 2.32. The minimum atomic E-state index is 0.542. The van der Waals surface area contributed by atoms with Gasteiger partial charge in [0.05, 0.1) is 6.61 Å². The smallest absolute Gasteiger partial charge is 0.119 e. The quantitative estimate of drug-likeness (QED) is 0.890. The second kappa shape index (κ2) is 7.62. The summed E-state index contributed by atoms with van der Waals surface area (Å²) in [6, 6.07) is 19.2. The van der Waals surface area contributed by atoms with Crippen molar-refractivity contribution in [3.8, 4) is 5.75 Å². The number of likely N-dealkylation sites (tertiary alicyclic amines) is 1. The molecule has 1 heterocycles. The normalized spacial score (nSPS) is 21.5. The molecule has 0 amide bonds. The molecule has 3 rings (SSSR count). The topological polar surface area (TPSA) is 38.5 Å². The fourth-order valence-corrected chi connectivity index (χ4v) is 3.52. The van der Waals surface area contributed by atoms with Crippen molar-refractivity contribution in [1.82, 2.24) is 4.90 Å². The largest absolute Gasteiger partial charge is 0.494 e. The van der Waals surface area contributed by atoms with E-state index in [0.717, 1.165) is 31.9 Å². The van der Waals surface area contributed by atoms with Crippen molar-refractivity contribution < 1.29 is 4.74 Å². The molecule has 3 heteroatoms. The second-order valence-electron chi connectivity index (χ2n) is 6.28. The van der Waals surface area contributed by atoms with Crippen LogP contribution in [-0.2, 0) is 6.54 Å². The molecule has 2 N–H and O–H groups in total. The van der Waals surface area contributed by atoms with E-state index in [-0.39, 0.29) is 0 Å². The molecule has 1 aliphatic rings. The molecule has 1 saturated heterocycles. The van der Waals surface area contributed by atoms with Crippen molar-refractivity contribution >= 4 is 0 Å². The molecule has 2 atom stereocenters. The Morgan fingerprint density at radius 2 is 1.78 bits per heavy atom. The van der Waals surface area contributed by atoms with Crippen LogP contribution in [0.2, 0.25) is 0 Å². The third-order valence-electron chi connectivity index (χ3n) is 4.69. The lowest BCUT2D eigenvalue weighted by Gasteiger charge is -2.17. The summed E-state index contributed by atoms with van der Waals surface area (Å²) in [5.74, 6) is 2.03. The Hall–Kier alpha value is -1.84. The third kappa shape index (κ3) is 3.92. The first-order valence-corrected chi connectivity index (χ1v) is 8.49. The lowest BCUT2D eigenvalue weighted by Crippen LogP contribution is -2.23. The summed E-state index contributed by atoms with van der Waals surface area (Å²) in [4.78, 5) is 2.52. The molecule has 0 aromatic heterocycles. The van der Waals surface area contributed by atoms with Crippen LogP contribution in [0, 0.1) is 5.92 Å². The Kier molecular flexibility index (Phi) is 5.31. The van der Waals surface area contributed by atoms with Gasteiger partial charge in [0, 0.05) is 25.6 Å². The number of rotatable bonds is 6. The summed E-state index contributed by atoms with van der Waals surface area (Å²) < 4.78 is 5.51. The van der Waals surface area contributed by atoms with E-state index >= 15 is 0 Å². The third-order valence-corrected chi connectivity index (χ3v) is 4.69. The Morgan fingerprint density at radius 3 is 2.43 bits per heavy atom.